The smallest absolute Gasteiger partial charge is 0.0686 e. The number of thiophene rings is 1. The van der Waals surface area contributed by atoms with Gasteiger partial charge in [0.1, 0.15) is 0 Å². The monoisotopic (exact) mass is 301 g/mol. The second-order valence-electron chi connectivity index (χ2n) is 4.67. The number of thiol groups is 1. The Labute approximate surface area is 130 Å². The molecule has 1 aromatic heterocycles. The minimum Gasteiger partial charge on any atom is -0.304 e. The fraction of sp³-hybridized carbons (Fsp3) is 0.294. The van der Waals surface area contributed by atoms with Gasteiger partial charge in [-0.25, -0.2) is 0 Å². The lowest BCUT2D eigenvalue weighted by molar-refractivity contribution is 0.464. The Hall–Kier alpha value is -1.21. The van der Waals surface area contributed by atoms with Crippen molar-refractivity contribution >= 4 is 24.0 Å². The normalized spacial score (nSPS) is 17.7. The largest absolute Gasteiger partial charge is 0.304 e. The topological polar surface area (TPSA) is 12.0 Å². The van der Waals surface area contributed by atoms with Crippen LogP contribution in [0.25, 0.3) is 10.4 Å². The molecule has 1 N–H and O–H groups in total. The minimum absolute atomic E-state index is 0.365. The zero-order chi connectivity index (χ0) is 14.2. The van der Waals surface area contributed by atoms with Crippen LogP contribution in [0, 0.1) is 12.3 Å². The summed E-state index contributed by atoms with van der Waals surface area (Å²) in [5.74, 6) is 2.69. The predicted octanol–water partition coefficient (Wildman–Crippen LogP) is 4.47. The average Bonchev–Trinajstić information content (AvgIpc) is 2.96. The molecule has 3 rings (SSSR count). The summed E-state index contributed by atoms with van der Waals surface area (Å²) in [5, 5.41) is 3.23. The summed E-state index contributed by atoms with van der Waals surface area (Å²) in [6.45, 7) is 1.11. The van der Waals surface area contributed by atoms with Gasteiger partial charge in [0.25, 0.3) is 0 Å². The highest BCUT2D eigenvalue weighted by Gasteiger charge is 2.07. The van der Waals surface area contributed by atoms with Crippen molar-refractivity contribution in [1.29, 1.82) is 0 Å². The molecule has 0 spiro atoms. The highest BCUT2D eigenvalue weighted by atomic mass is 32.2. The molecule has 1 aromatic carbocycles. The maximum absolute atomic E-state index is 5.19. The van der Waals surface area contributed by atoms with E-state index in [2.05, 4.69) is 42.1 Å². The summed E-state index contributed by atoms with van der Waals surface area (Å²) in [4.78, 5) is 1.28. The van der Waals surface area contributed by atoms with Crippen LogP contribution in [-0.4, -0.2) is 12.6 Å². The third-order valence-electron chi connectivity index (χ3n) is 3.16. The van der Waals surface area contributed by atoms with Crippen LogP contribution in [0.5, 0.6) is 0 Å². The highest BCUT2D eigenvalue weighted by molar-refractivity contribution is 7.83. The SMILES string of the molecule is C#CC1CCCCN1.Sc1ccc(-c2ccccc2)s1. The molecule has 1 saturated heterocycles. The number of nitrogens with one attached hydrogen (secondary N) is 1. The van der Waals surface area contributed by atoms with E-state index in [-0.39, 0.29) is 0 Å². The second kappa shape index (κ2) is 8.16. The number of hydrogen-bond acceptors (Lipinski definition) is 3. The number of hydrogen-bond donors (Lipinski definition) is 2. The lowest BCUT2D eigenvalue weighted by Gasteiger charge is -2.17. The standard InChI is InChI=1S/C10H8S2.C7H11N/c11-10-7-6-9(12-10)8-4-2-1-3-5-8;1-2-7-5-3-4-6-8-7/h1-7,11H;1,7-8H,3-6H2. The molecule has 1 nitrogen and oxygen atoms in total. The van der Waals surface area contributed by atoms with Crippen LogP contribution < -0.4 is 5.32 Å². The molecular formula is C17H19NS2. The summed E-state index contributed by atoms with van der Waals surface area (Å²) in [5.41, 5.74) is 1.27. The summed E-state index contributed by atoms with van der Waals surface area (Å²) < 4.78 is 1.06. The van der Waals surface area contributed by atoms with Gasteiger partial charge >= 0.3 is 0 Å². The van der Waals surface area contributed by atoms with E-state index in [1.54, 1.807) is 11.3 Å². The molecule has 1 unspecified atom stereocenters. The molecule has 1 fully saturated rings. The van der Waals surface area contributed by atoms with E-state index in [4.69, 9.17) is 6.42 Å². The van der Waals surface area contributed by atoms with Crippen molar-refractivity contribution in [2.75, 3.05) is 6.54 Å². The van der Waals surface area contributed by atoms with E-state index in [9.17, 15) is 0 Å². The van der Waals surface area contributed by atoms with Crippen LogP contribution in [0.3, 0.4) is 0 Å². The van der Waals surface area contributed by atoms with Gasteiger partial charge in [-0.05, 0) is 43.5 Å². The molecule has 1 aliphatic rings. The van der Waals surface area contributed by atoms with Gasteiger partial charge in [-0.1, -0.05) is 36.3 Å². The van der Waals surface area contributed by atoms with Crippen molar-refractivity contribution < 1.29 is 0 Å². The predicted molar refractivity (Wildman–Crippen MR) is 91.5 cm³/mol. The first kappa shape index (κ1) is 15.2. The zero-order valence-electron chi connectivity index (χ0n) is 11.4. The number of terminal acetylenes is 1. The first-order valence-corrected chi connectivity index (χ1v) is 8.09. The van der Waals surface area contributed by atoms with Gasteiger partial charge in [0, 0.05) is 4.88 Å². The molecule has 0 radical (unpaired) electrons. The molecular weight excluding hydrogens is 282 g/mol. The molecule has 20 heavy (non-hydrogen) atoms. The summed E-state index contributed by atoms with van der Waals surface area (Å²) >= 11 is 5.98. The van der Waals surface area contributed by atoms with Gasteiger partial charge < -0.3 is 5.32 Å². The van der Waals surface area contributed by atoms with E-state index in [1.807, 2.05) is 24.3 Å². The fourth-order valence-electron chi connectivity index (χ4n) is 2.08. The molecule has 2 heterocycles. The van der Waals surface area contributed by atoms with E-state index < -0.39 is 0 Å². The van der Waals surface area contributed by atoms with Crippen molar-refractivity contribution in [2.24, 2.45) is 0 Å². The Morgan fingerprint density at radius 3 is 2.45 bits per heavy atom. The summed E-state index contributed by atoms with van der Waals surface area (Å²) in [7, 11) is 0. The molecule has 1 aliphatic heterocycles. The van der Waals surface area contributed by atoms with Crippen molar-refractivity contribution in [1.82, 2.24) is 5.32 Å². The molecule has 0 saturated carbocycles. The molecule has 0 aliphatic carbocycles. The Balaban J connectivity index is 0.000000160. The first-order chi connectivity index (χ1) is 9.79. The van der Waals surface area contributed by atoms with Gasteiger partial charge in [-0.3, -0.25) is 0 Å². The fourth-order valence-corrected chi connectivity index (χ4v) is 3.20. The Morgan fingerprint density at radius 2 is 1.95 bits per heavy atom. The second-order valence-corrected chi connectivity index (χ2v) is 6.54. The van der Waals surface area contributed by atoms with Crippen LogP contribution in [-0.2, 0) is 0 Å². The van der Waals surface area contributed by atoms with Crippen LogP contribution >= 0.6 is 24.0 Å². The first-order valence-electron chi connectivity index (χ1n) is 6.83. The van der Waals surface area contributed by atoms with E-state index in [0.717, 1.165) is 17.2 Å². The Kier molecular flexibility index (Phi) is 6.20. The molecule has 1 atom stereocenters. The lowest BCUT2D eigenvalue weighted by Crippen LogP contribution is -2.32. The van der Waals surface area contributed by atoms with Crippen molar-refractivity contribution in [3.63, 3.8) is 0 Å². The van der Waals surface area contributed by atoms with E-state index >= 15 is 0 Å². The van der Waals surface area contributed by atoms with E-state index in [1.165, 1.54) is 23.3 Å². The Morgan fingerprint density at radius 1 is 1.15 bits per heavy atom. The van der Waals surface area contributed by atoms with Gasteiger partial charge in [-0.15, -0.1) is 30.4 Å². The zero-order valence-corrected chi connectivity index (χ0v) is 13.1. The third kappa shape index (κ3) is 4.72. The summed E-state index contributed by atoms with van der Waals surface area (Å²) in [6.07, 6.45) is 8.94. The lowest BCUT2D eigenvalue weighted by atomic mass is 10.1. The highest BCUT2D eigenvalue weighted by Crippen LogP contribution is 2.29. The molecule has 104 valence electrons. The van der Waals surface area contributed by atoms with Gasteiger partial charge in [0.15, 0.2) is 0 Å². The van der Waals surface area contributed by atoms with Gasteiger partial charge in [0.05, 0.1) is 10.3 Å². The van der Waals surface area contributed by atoms with Crippen LogP contribution in [0.4, 0.5) is 0 Å². The number of rotatable bonds is 1. The van der Waals surface area contributed by atoms with E-state index in [0.29, 0.717) is 6.04 Å². The quantitative estimate of drug-likeness (QED) is 0.585. The Bertz CT molecular complexity index is 548. The average molecular weight is 301 g/mol. The molecule has 2 aromatic rings. The van der Waals surface area contributed by atoms with Crippen molar-refractivity contribution in [2.45, 2.75) is 29.5 Å². The number of piperidine rings is 1. The minimum atomic E-state index is 0.365. The maximum atomic E-state index is 5.19. The molecule has 0 bridgehead atoms. The van der Waals surface area contributed by atoms with Crippen LogP contribution in [0.1, 0.15) is 19.3 Å². The molecule has 0 amide bonds. The molecule has 3 heteroatoms. The van der Waals surface area contributed by atoms with Gasteiger partial charge in [0.2, 0.25) is 0 Å². The number of benzene rings is 1. The van der Waals surface area contributed by atoms with Crippen molar-refractivity contribution in [3.8, 4) is 22.8 Å². The van der Waals surface area contributed by atoms with Crippen LogP contribution in [0.2, 0.25) is 0 Å². The van der Waals surface area contributed by atoms with Gasteiger partial charge in [-0.2, -0.15) is 0 Å². The third-order valence-corrected chi connectivity index (χ3v) is 4.52. The van der Waals surface area contributed by atoms with Crippen LogP contribution in [0.15, 0.2) is 46.7 Å². The summed E-state index contributed by atoms with van der Waals surface area (Å²) in [6, 6.07) is 14.8. The maximum Gasteiger partial charge on any atom is 0.0686 e. The van der Waals surface area contributed by atoms with Crippen molar-refractivity contribution in [3.05, 3.63) is 42.5 Å².